The molecular formula is C9H12ClN2NaOS. The van der Waals surface area contributed by atoms with Gasteiger partial charge in [0, 0.05) is 19.3 Å². The smallest absolute Gasteiger partial charge is 1.00 e. The molecule has 0 unspecified atom stereocenters. The van der Waals surface area contributed by atoms with E-state index in [2.05, 4.69) is 4.98 Å². The summed E-state index contributed by atoms with van der Waals surface area (Å²) < 4.78 is 0.641. The minimum Gasteiger partial charge on any atom is -1.00 e. The third-order valence-electron chi connectivity index (χ3n) is 2.36. The molecular weight excluding hydrogens is 243 g/mol. The van der Waals surface area contributed by atoms with Gasteiger partial charge >= 0.3 is 29.6 Å². The Balaban J connectivity index is 0.00000112. The van der Waals surface area contributed by atoms with E-state index in [1.807, 2.05) is 4.90 Å². The van der Waals surface area contributed by atoms with Crippen LogP contribution in [0.5, 0.6) is 0 Å². The topological polar surface area (TPSA) is 39.3 Å². The average molecular weight is 255 g/mol. The van der Waals surface area contributed by atoms with Gasteiger partial charge in [-0.05, 0) is 12.5 Å². The molecule has 0 aliphatic carbocycles. The van der Waals surface area contributed by atoms with E-state index in [1.54, 1.807) is 12.3 Å². The van der Waals surface area contributed by atoms with Gasteiger partial charge in [-0.3, -0.25) is 0 Å². The first-order valence-corrected chi connectivity index (χ1v) is 5.27. The van der Waals surface area contributed by atoms with Crippen LogP contribution in [-0.4, -0.2) is 29.3 Å². The van der Waals surface area contributed by atoms with Crippen LogP contribution in [0.1, 0.15) is 7.85 Å². The molecule has 1 fully saturated rings. The second-order valence-electron chi connectivity index (χ2n) is 3.39. The van der Waals surface area contributed by atoms with Gasteiger partial charge in [-0.25, -0.2) is 0 Å². The molecule has 3 nitrogen and oxygen atoms in total. The van der Waals surface area contributed by atoms with Crippen molar-refractivity contribution in [3.63, 3.8) is 0 Å². The summed E-state index contributed by atoms with van der Waals surface area (Å²) in [5, 5.41) is 9.96. The molecule has 1 aromatic rings. The number of β-amino-alcohol motifs (C(OH)–C–C–N with tert-alkyl or cyclic N) is 1. The number of hydrogen-bond acceptors (Lipinski definition) is 3. The standard InChI is InChI=1S/C9H11ClN2OS.Na.H/c10-8-7(14)1-3-11-9(8)12-4-2-6(13)5-12;;/h1,3,6,13H,2,4-5H2,(H,11,14);;/q;+1;-1/t6-;;/m0../s1. The van der Waals surface area contributed by atoms with Crippen molar-refractivity contribution in [2.24, 2.45) is 0 Å². The maximum absolute atomic E-state index is 9.40. The van der Waals surface area contributed by atoms with Crippen LogP contribution in [0.25, 0.3) is 0 Å². The number of anilines is 1. The summed E-state index contributed by atoms with van der Waals surface area (Å²) >= 11 is 11.1. The Morgan fingerprint density at radius 3 is 3.00 bits per heavy atom. The molecule has 0 bridgehead atoms. The van der Waals surface area contributed by atoms with Crippen molar-refractivity contribution < 1.29 is 36.1 Å². The summed E-state index contributed by atoms with van der Waals surface area (Å²) in [6, 6.07) is 1.76. The minimum absolute atomic E-state index is 0. The molecule has 1 atom stereocenters. The molecule has 2 N–H and O–H groups in total. The number of aromatic nitrogens is 1. The van der Waals surface area contributed by atoms with E-state index in [0.717, 1.165) is 18.8 Å². The summed E-state index contributed by atoms with van der Waals surface area (Å²) in [5.41, 5.74) is 0. The molecule has 2 rings (SSSR count). The maximum Gasteiger partial charge on any atom is 1.00 e. The van der Waals surface area contributed by atoms with Gasteiger partial charge in [0.25, 0.3) is 0 Å². The summed E-state index contributed by atoms with van der Waals surface area (Å²) in [5.74, 6) is 0.815. The van der Waals surface area contributed by atoms with E-state index in [4.69, 9.17) is 23.8 Å². The normalized spacial score (nSPS) is 20.1. The van der Waals surface area contributed by atoms with E-state index in [1.165, 1.54) is 0 Å². The number of hydrogen-bond donors (Lipinski definition) is 2. The van der Waals surface area contributed by atoms with Crippen molar-refractivity contribution in [3.8, 4) is 0 Å². The Morgan fingerprint density at radius 1 is 1.67 bits per heavy atom. The fourth-order valence-electron chi connectivity index (χ4n) is 1.62. The van der Waals surface area contributed by atoms with Gasteiger partial charge in [-0.15, -0.1) is 0 Å². The number of rotatable bonds is 1. The summed E-state index contributed by atoms with van der Waals surface area (Å²) in [4.78, 5) is 5.07. The fourth-order valence-corrected chi connectivity index (χ4v) is 2.03. The fraction of sp³-hybridized carbons (Fsp3) is 0.444. The second-order valence-corrected chi connectivity index (χ2v) is 4.21. The Kier molecular flexibility index (Phi) is 5.09. The van der Waals surface area contributed by atoms with Crippen LogP contribution in [0, 0.1) is 4.51 Å². The molecule has 0 radical (unpaired) electrons. The molecule has 0 aromatic carbocycles. The zero-order valence-electron chi connectivity index (χ0n) is 9.53. The van der Waals surface area contributed by atoms with Crippen molar-refractivity contribution in [2.75, 3.05) is 18.0 Å². The monoisotopic (exact) mass is 254 g/mol. The molecule has 6 heteroatoms. The number of nitrogens with zero attached hydrogens (tertiary/aromatic N) is 1. The third kappa shape index (κ3) is 2.96. The molecule has 1 aliphatic rings. The van der Waals surface area contributed by atoms with E-state index in [-0.39, 0.29) is 37.1 Å². The number of aliphatic hydroxyl groups excluding tert-OH is 1. The minimum atomic E-state index is -0.256. The van der Waals surface area contributed by atoms with Gasteiger partial charge < -0.3 is 16.4 Å². The SMILES string of the molecule is O[C@H]1CCN(c2[nH]ccc(=S)c2Cl)C1.[H-].[Na+]. The van der Waals surface area contributed by atoms with Crippen LogP contribution >= 0.6 is 23.8 Å². The molecule has 1 aliphatic heterocycles. The number of aromatic amines is 1. The number of pyridine rings is 1. The van der Waals surface area contributed by atoms with Crippen molar-refractivity contribution in [1.82, 2.24) is 4.98 Å². The summed E-state index contributed by atoms with van der Waals surface area (Å²) in [7, 11) is 0. The van der Waals surface area contributed by atoms with Crippen LogP contribution in [0.4, 0.5) is 5.82 Å². The van der Waals surface area contributed by atoms with E-state index in [0.29, 0.717) is 16.1 Å². The largest absolute Gasteiger partial charge is 1.00 e. The average Bonchev–Trinajstić information content (AvgIpc) is 2.57. The molecule has 1 saturated heterocycles. The molecule has 0 saturated carbocycles. The Morgan fingerprint density at radius 2 is 2.40 bits per heavy atom. The van der Waals surface area contributed by atoms with E-state index in [9.17, 15) is 5.11 Å². The van der Waals surface area contributed by atoms with Crippen molar-refractivity contribution in [3.05, 3.63) is 21.8 Å². The summed E-state index contributed by atoms with van der Waals surface area (Å²) in [6.45, 7) is 1.44. The van der Waals surface area contributed by atoms with E-state index >= 15 is 0 Å². The van der Waals surface area contributed by atoms with Gasteiger partial charge in [0.1, 0.15) is 5.82 Å². The Labute approximate surface area is 122 Å². The first-order chi connectivity index (χ1) is 6.68. The summed E-state index contributed by atoms with van der Waals surface area (Å²) in [6.07, 6.45) is 2.30. The number of aliphatic hydroxyl groups is 1. The maximum atomic E-state index is 9.40. The van der Waals surface area contributed by atoms with Gasteiger partial charge in [0.15, 0.2) is 0 Å². The van der Waals surface area contributed by atoms with Crippen LogP contribution in [-0.2, 0) is 0 Å². The predicted molar refractivity (Wildman–Crippen MR) is 60.6 cm³/mol. The third-order valence-corrected chi connectivity index (χ3v) is 3.19. The molecule has 1 aromatic heterocycles. The molecule has 0 amide bonds. The van der Waals surface area contributed by atoms with Gasteiger partial charge in [-0.1, -0.05) is 23.8 Å². The van der Waals surface area contributed by atoms with Gasteiger partial charge in [0.05, 0.1) is 15.6 Å². The zero-order chi connectivity index (χ0) is 10.1. The first-order valence-electron chi connectivity index (χ1n) is 4.48. The molecule has 0 spiro atoms. The van der Waals surface area contributed by atoms with Crippen LogP contribution in [0.3, 0.4) is 0 Å². The molecule has 78 valence electrons. The number of nitrogens with one attached hydrogen (secondary N) is 1. The molecule has 15 heavy (non-hydrogen) atoms. The van der Waals surface area contributed by atoms with Crippen LogP contribution in [0.15, 0.2) is 12.3 Å². The second kappa shape index (κ2) is 5.66. The number of H-pyrrole nitrogens is 1. The first kappa shape index (κ1) is 13.5. The predicted octanol–water partition coefficient (Wildman–Crippen LogP) is -0.915. The van der Waals surface area contributed by atoms with Crippen molar-refractivity contribution >= 4 is 29.6 Å². The number of halogens is 1. The van der Waals surface area contributed by atoms with E-state index < -0.39 is 0 Å². The van der Waals surface area contributed by atoms with Gasteiger partial charge in [-0.2, -0.15) is 0 Å². The Bertz CT molecular complexity index is 403. The van der Waals surface area contributed by atoms with Gasteiger partial charge in [0.2, 0.25) is 0 Å². The van der Waals surface area contributed by atoms with Crippen LogP contribution < -0.4 is 34.5 Å². The van der Waals surface area contributed by atoms with Crippen LogP contribution in [0.2, 0.25) is 5.02 Å². The molecule has 2 heterocycles. The van der Waals surface area contributed by atoms with Crippen molar-refractivity contribution in [2.45, 2.75) is 12.5 Å². The quantitative estimate of drug-likeness (QED) is 0.503. The Hall–Kier alpha value is 0.420. The van der Waals surface area contributed by atoms with Crippen molar-refractivity contribution in [1.29, 1.82) is 0 Å². The zero-order valence-corrected chi connectivity index (χ0v) is 12.1.